The van der Waals surface area contributed by atoms with Crippen LogP contribution < -0.4 is 5.73 Å². The number of nitrogens with two attached hydrogens (primary N) is 1. The van der Waals surface area contributed by atoms with Crippen LogP contribution in [0.2, 0.25) is 0 Å². The predicted octanol–water partition coefficient (Wildman–Crippen LogP) is -0.0635. The minimum atomic E-state index is -0.567. The standard InChI is InChI=1S/C15H16FN3O2/c1-18-5-6-19(15(21)14(18)20)10-12-7-11(3-2-4-17)8-13(16)9-12/h7-9H,4-6,10,17H2,1H3. The number of carbonyl (C=O) groups excluding carboxylic acids is 2. The molecule has 0 aliphatic carbocycles. The van der Waals surface area contributed by atoms with Crippen LogP contribution in [0.4, 0.5) is 4.39 Å². The summed E-state index contributed by atoms with van der Waals surface area (Å²) in [4.78, 5) is 26.3. The van der Waals surface area contributed by atoms with E-state index >= 15 is 0 Å². The van der Waals surface area contributed by atoms with Gasteiger partial charge in [-0.2, -0.15) is 0 Å². The maximum atomic E-state index is 13.6. The quantitative estimate of drug-likeness (QED) is 0.612. The molecule has 5 nitrogen and oxygen atoms in total. The molecule has 0 bridgehead atoms. The van der Waals surface area contributed by atoms with Gasteiger partial charge in [0.15, 0.2) is 0 Å². The Kier molecular flexibility index (Phi) is 4.55. The average Bonchev–Trinajstić information content (AvgIpc) is 2.45. The van der Waals surface area contributed by atoms with Gasteiger partial charge in [-0.05, 0) is 23.8 Å². The van der Waals surface area contributed by atoms with Gasteiger partial charge in [-0.25, -0.2) is 4.39 Å². The van der Waals surface area contributed by atoms with Crippen LogP contribution in [0, 0.1) is 17.7 Å². The van der Waals surface area contributed by atoms with Crippen molar-refractivity contribution in [3.8, 4) is 11.8 Å². The molecule has 1 aliphatic rings. The molecule has 0 spiro atoms. The van der Waals surface area contributed by atoms with E-state index in [1.807, 2.05) is 0 Å². The summed E-state index contributed by atoms with van der Waals surface area (Å²) in [5.41, 5.74) is 6.39. The van der Waals surface area contributed by atoms with Gasteiger partial charge in [0.25, 0.3) is 0 Å². The fraction of sp³-hybridized carbons (Fsp3) is 0.333. The Bertz CT molecular complexity index is 634. The number of amides is 2. The Morgan fingerprint density at radius 2 is 2.00 bits per heavy atom. The number of piperazine rings is 1. The molecule has 1 aromatic rings. The molecule has 0 saturated carbocycles. The lowest BCUT2D eigenvalue weighted by atomic mass is 10.1. The summed E-state index contributed by atoms with van der Waals surface area (Å²) in [5, 5.41) is 0. The molecule has 0 atom stereocenters. The molecule has 21 heavy (non-hydrogen) atoms. The number of rotatable bonds is 2. The summed E-state index contributed by atoms with van der Waals surface area (Å²) < 4.78 is 13.6. The molecule has 0 unspecified atom stereocenters. The summed E-state index contributed by atoms with van der Waals surface area (Å²) in [6.07, 6.45) is 0. The van der Waals surface area contributed by atoms with E-state index in [1.165, 1.54) is 21.9 Å². The smallest absolute Gasteiger partial charge is 0.312 e. The molecule has 110 valence electrons. The first kappa shape index (κ1) is 15.0. The largest absolute Gasteiger partial charge is 0.336 e. The lowest BCUT2D eigenvalue weighted by Gasteiger charge is -2.31. The highest BCUT2D eigenvalue weighted by Crippen LogP contribution is 2.13. The highest BCUT2D eigenvalue weighted by Gasteiger charge is 2.30. The molecule has 2 amide bonds. The van der Waals surface area contributed by atoms with Gasteiger partial charge < -0.3 is 15.5 Å². The zero-order valence-electron chi connectivity index (χ0n) is 11.7. The van der Waals surface area contributed by atoms with E-state index < -0.39 is 17.6 Å². The number of halogens is 1. The van der Waals surface area contributed by atoms with Gasteiger partial charge >= 0.3 is 11.8 Å². The van der Waals surface area contributed by atoms with Crippen molar-refractivity contribution in [3.05, 3.63) is 35.1 Å². The van der Waals surface area contributed by atoms with Crippen LogP contribution in [0.3, 0.4) is 0 Å². The first-order valence-corrected chi connectivity index (χ1v) is 6.54. The van der Waals surface area contributed by atoms with Crippen LogP contribution >= 0.6 is 0 Å². The van der Waals surface area contributed by atoms with Crippen molar-refractivity contribution in [1.82, 2.24) is 9.80 Å². The van der Waals surface area contributed by atoms with Crippen molar-refractivity contribution in [2.45, 2.75) is 6.54 Å². The van der Waals surface area contributed by atoms with Gasteiger partial charge in [0, 0.05) is 32.2 Å². The van der Waals surface area contributed by atoms with Gasteiger partial charge in [-0.3, -0.25) is 9.59 Å². The molecule has 0 aromatic heterocycles. The van der Waals surface area contributed by atoms with Gasteiger partial charge in [-0.15, -0.1) is 0 Å². The van der Waals surface area contributed by atoms with Crippen molar-refractivity contribution >= 4 is 11.8 Å². The van der Waals surface area contributed by atoms with E-state index in [4.69, 9.17) is 5.73 Å². The Morgan fingerprint density at radius 1 is 1.24 bits per heavy atom. The molecular weight excluding hydrogens is 273 g/mol. The van der Waals surface area contributed by atoms with Gasteiger partial charge in [0.05, 0.1) is 6.54 Å². The Labute approximate surface area is 122 Å². The van der Waals surface area contributed by atoms with Crippen LogP contribution in [-0.2, 0) is 16.1 Å². The van der Waals surface area contributed by atoms with Crippen molar-refractivity contribution in [1.29, 1.82) is 0 Å². The van der Waals surface area contributed by atoms with E-state index in [9.17, 15) is 14.0 Å². The zero-order valence-corrected chi connectivity index (χ0v) is 11.7. The lowest BCUT2D eigenvalue weighted by Crippen LogP contribution is -2.52. The summed E-state index contributed by atoms with van der Waals surface area (Å²) >= 11 is 0. The molecule has 2 rings (SSSR count). The summed E-state index contributed by atoms with van der Waals surface area (Å²) in [6, 6.07) is 4.34. The fourth-order valence-corrected chi connectivity index (χ4v) is 2.11. The van der Waals surface area contributed by atoms with Crippen LogP contribution in [0.1, 0.15) is 11.1 Å². The molecule has 2 N–H and O–H groups in total. The van der Waals surface area contributed by atoms with Gasteiger partial charge in [0.2, 0.25) is 0 Å². The SMILES string of the molecule is CN1CCN(Cc2cc(F)cc(C#CCN)c2)C(=O)C1=O. The molecule has 1 heterocycles. The Hall–Kier alpha value is -2.39. The number of hydrogen-bond donors (Lipinski definition) is 1. The number of hydrogen-bond acceptors (Lipinski definition) is 3. The number of nitrogens with zero attached hydrogens (tertiary/aromatic N) is 2. The molecule has 1 fully saturated rings. The molecule has 1 saturated heterocycles. The number of likely N-dealkylation sites (N-methyl/N-ethyl adjacent to an activating group) is 1. The maximum absolute atomic E-state index is 13.6. The highest BCUT2D eigenvalue weighted by molar-refractivity contribution is 6.35. The lowest BCUT2D eigenvalue weighted by molar-refractivity contribution is -0.155. The topological polar surface area (TPSA) is 66.6 Å². The number of benzene rings is 1. The van der Waals surface area contributed by atoms with Crippen molar-refractivity contribution in [2.24, 2.45) is 5.73 Å². The third-order valence-electron chi connectivity index (χ3n) is 3.19. The van der Waals surface area contributed by atoms with Crippen molar-refractivity contribution in [3.63, 3.8) is 0 Å². The normalized spacial score (nSPS) is 15.0. The predicted molar refractivity (Wildman–Crippen MR) is 75.4 cm³/mol. The zero-order chi connectivity index (χ0) is 15.4. The van der Waals surface area contributed by atoms with Crippen LogP contribution in [0.5, 0.6) is 0 Å². The van der Waals surface area contributed by atoms with Crippen LogP contribution in [-0.4, -0.2) is 48.3 Å². The van der Waals surface area contributed by atoms with Gasteiger partial charge in [-0.1, -0.05) is 11.8 Å². The second-order valence-electron chi connectivity index (χ2n) is 4.81. The molecule has 1 aliphatic heterocycles. The minimum Gasteiger partial charge on any atom is -0.336 e. The first-order valence-electron chi connectivity index (χ1n) is 6.54. The third kappa shape index (κ3) is 3.58. The fourth-order valence-electron chi connectivity index (χ4n) is 2.11. The summed E-state index contributed by atoms with van der Waals surface area (Å²) in [5.74, 6) is 3.87. The van der Waals surface area contributed by atoms with E-state index in [0.29, 0.717) is 24.2 Å². The average molecular weight is 289 g/mol. The van der Waals surface area contributed by atoms with Crippen molar-refractivity contribution in [2.75, 3.05) is 26.7 Å². The molecular formula is C15H16FN3O2. The first-order chi connectivity index (χ1) is 10.0. The highest BCUT2D eigenvalue weighted by atomic mass is 19.1. The van der Waals surface area contributed by atoms with E-state index in [2.05, 4.69) is 11.8 Å². The number of carbonyl (C=O) groups is 2. The van der Waals surface area contributed by atoms with E-state index in [0.717, 1.165) is 0 Å². The Morgan fingerprint density at radius 3 is 2.71 bits per heavy atom. The second-order valence-corrected chi connectivity index (χ2v) is 4.81. The molecule has 1 aromatic carbocycles. The van der Waals surface area contributed by atoms with E-state index in [-0.39, 0.29) is 13.1 Å². The van der Waals surface area contributed by atoms with Crippen LogP contribution in [0.15, 0.2) is 18.2 Å². The van der Waals surface area contributed by atoms with Crippen molar-refractivity contribution < 1.29 is 14.0 Å². The monoisotopic (exact) mass is 289 g/mol. The molecule has 0 radical (unpaired) electrons. The molecule has 6 heteroatoms. The summed E-state index contributed by atoms with van der Waals surface area (Å²) in [7, 11) is 1.58. The third-order valence-corrected chi connectivity index (χ3v) is 3.19. The minimum absolute atomic E-state index is 0.188. The second kappa shape index (κ2) is 6.37. The summed E-state index contributed by atoms with van der Waals surface area (Å²) in [6.45, 7) is 1.28. The van der Waals surface area contributed by atoms with Crippen LogP contribution in [0.25, 0.3) is 0 Å². The van der Waals surface area contributed by atoms with E-state index in [1.54, 1.807) is 13.1 Å². The maximum Gasteiger partial charge on any atom is 0.312 e. The van der Waals surface area contributed by atoms with Gasteiger partial charge in [0.1, 0.15) is 5.82 Å². The Balaban J connectivity index is 2.18.